The van der Waals surface area contributed by atoms with Gasteiger partial charge in [-0.2, -0.15) is 0 Å². The summed E-state index contributed by atoms with van der Waals surface area (Å²) in [5.41, 5.74) is 3.25. The Kier molecular flexibility index (Phi) is 6.72. The highest BCUT2D eigenvalue weighted by molar-refractivity contribution is 5.97. The van der Waals surface area contributed by atoms with Gasteiger partial charge < -0.3 is 19.9 Å². The molecule has 0 radical (unpaired) electrons. The van der Waals surface area contributed by atoms with Crippen molar-refractivity contribution in [1.29, 1.82) is 0 Å². The lowest BCUT2D eigenvalue weighted by molar-refractivity contribution is -0.134. The van der Waals surface area contributed by atoms with Crippen molar-refractivity contribution in [3.63, 3.8) is 0 Å². The van der Waals surface area contributed by atoms with Crippen molar-refractivity contribution in [3.8, 4) is 5.75 Å². The first-order valence-electron chi connectivity index (χ1n) is 9.99. The number of amides is 3. The van der Waals surface area contributed by atoms with Crippen molar-refractivity contribution in [2.75, 3.05) is 38.1 Å². The Hall–Kier alpha value is -3.35. The van der Waals surface area contributed by atoms with Gasteiger partial charge in [-0.25, -0.2) is 0 Å². The van der Waals surface area contributed by atoms with Crippen LogP contribution in [0.15, 0.2) is 42.5 Å². The van der Waals surface area contributed by atoms with Crippen molar-refractivity contribution in [3.05, 3.63) is 59.2 Å². The molecule has 1 aliphatic rings. The summed E-state index contributed by atoms with van der Waals surface area (Å²) in [7, 11) is 0. The summed E-state index contributed by atoms with van der Waals surface area (Å²) in [5, 5.41) is 2.68. The third kappa shape index (κ3) is 5.17. The highest BCUT2D eigenvalue weighted by Gasteiger charge is 2.25. The van der Waals surface area contributed by atoms with E-state index in [2.05, 4.69) is 5.32 Å². The monoisotopic (exact) mass is 409 g/mol. The molecule has 7 heteroatoms. The Balaban J connectivity index is 1.52. The molecule has 3 rings (SSSR count). The summed E-state index contributed by atoms with van der Waals surface area (Å²) >= 11 is 0. The van der Waals surface area contributed by atoms with Crippen molar-refractivity contribution in [1.82, 2.24) is 9.80 Å². The van der Waals surface area contributed by atoms with Crippen LogP contribution in [-0.4, -0.2) is 60.3 Å². The Morgan fingerprint density at radius 2 is 1.63 bits per heavy atom. The zero-order valence-electron chi connectivity index (χ0n) is 17.6. The number of aryl methyl sites for hydroxylation is 1. The summed E-state index contributed by atoms with van der Waals surface area (Å²) in [5.74, 6) is 0.336. The first-order chi connectivity index (χ1) is 14.3. The number of carbonyl (C=O) groups is 3. The fraction of sp³-hybridized carbons (Fsp3) is 0.348. The van der Waals surface area contributed by atoms with Crippen molar-refractivity contribution in [2.24, 2.45) is 0 Å². The predicted octanol–water partition coefficient (Wildman–Crippen LogP) is 2.63. The molecule has 30 heavy (non-hydrogen) atoms. The van der Waals surface area contributed by atoms with Crippen molar-refractivity contribution < 1.29 is 19.1 Å². The number of benzene rings is 2. The Morgan fingerprint density at radius 3 is 2.33 bits per heavy atom. The number of nitrogens with zero attached hydrogens (tertiary/aromatic N) is 2. The molecule has 158 valence electrons. The fourth-order valence-electron chi connectivity index (χ4n) is 3.39. The highest BCUT2D eigenvalue weighted by atomic mass is 16.5. The Bertz CT molecular complexity index is 949. The van der Waals surface area contributed by atoms with Gasteiger partial charge in [0, 0.05) is 44.4 Å². The van der Waals surface area contributed by atoms with E-state index in [-0.39, 0.29) is 24.3 Å². The van der Waals surface area contributed by atoms with Gasteiger partial charge in [0.05, 0.1) is 0 Å². The molecular weight excluding hydrogens is 382 g/mol. The number of piperazine rings is 1. The third-order valence-corrected chi connectivity index (χ3v) is 5.26. The molecule has 0 saturated carbocycles. The van der Waals surface area contributed by atoms with Crippen LogP contribution in [0.4, 0.5) is 5.69 Å². The van der Waals surface area contributed by atoms with Gasteiger partial charge in [-0.3, -0.25) is 14.4 Å². The lowest BCUT2D eigenvalue weighted by Crippen LogP contribution is -2.51. The second-order valence-corrected chi connectivity index (χ2v) is 7.42. The average Bonchev–Trinajstić information content (AvgIpc) is 2.74. The number of anilines is 1. The lowest BCUT2D eigenvalue weighted by atomic mass is 10.1. The molecule has 2 aromatic carbocycles. The maximum absolute atomic E-state index is 12.8. The van der Waals surface area contributed by atoms with Gasteiger partial charge in [-0.15, -0.1) is 0 Å². The van der Waals surface area contributed by atoms with Crippen LogP contribution in [-0.2, 0) is 9.59 Å². The molecular formula is C23H27N3O4. The quantitative estimate of drug-likeness (QED) is 0.823. The van der Waals surface area contributed by atoms with Crippen LogP contribution >= 0.6 is 0 Å². The number of rotatable bonds is 5. The van der Waals surface area contributed by atoms with Gasteiger partial charge in [0.2, 0.25) is 5.91 Å². The van der Waals surface area contributed by atoms with E-state index in [1.165, 1.54) is 6.92 Å². The molecule has 2 aromatic rings. The summed E-state index contributed by atoms with van der Waals surface area (Å²) in [4.78, 5) is 40.0. The van der Waals surface area contributed by atoms with Gasteiger partial charge in [-0.05, 0) is 49.2 Å². The van der Waals surface area contributed by atoms with Crippen LogP contribution in [0.2, 0.25) is 0 Å². The SMILES string of the molecule is CC(=O)Nc1cccc(C(=O)N2CCN(C(=O)COc3cccc(C)c3C)CC2)c1. The van der Waals surface area contributed by atoms with Crippen LogP contribution in [0.3, 0.4) is 0 Å². The molecule has 0 bridgehead atoms. The molecule has 1 fully saturated rings. The van der Waals surface area contributed by atoms with Crippen LogP contribution in [0, 0.1) is 13.8 Å². The highest BCUT2D eigenvalue weighted by Crippen LogP contribution is 2.20. The van der Waals surface area contributed by atoms with Crippen molar-refractivity contribution >= 4 is 23.4 Å². The molecule has 0 aromatic heterocycles. The first-order valence-corrected chi connectivity index (χ1v) is 9.99. The fourth-order valence-corrected chi connectivity index (χ4v) is 3.39. The number of carbonyl (C=O) groups excluding carboxylic acids is 3. The van der Waals surface area contributed by atoms with E-state index in [0.29, 0.717) is 37.4 Å². The van der Waals surface area contributed by atoms with Crippen LogP contribution in [0.25, 0.3) is 0 Å². The molecule has 0 unspecified atom stereocenters. The standard InChI is InChI=1S/C23H27N3O4/c1-16-6-4-9-21(17(16)2)30-15-22(28)25-10-12-26(13-11-25)23(29)19-7-5-8-20(14-19)24-18(3)27/h4-9,14H,10-13,15H2,1-3H3,(H,24,27). The van der Waals surface area contributed by atoms with E-state index in [0.717, 1.165) is 16.9 Å². The minimum absolute atomic E-state index is 0.0169. The third-order valence-electron chi connectivity index (χ3n) is 5.26. The minimum Gasteiger partial charge on any atom is -0.483 e. The predicted molar refractivity (Wildman–Crippen MR) is 115 cm³/mol. The summed E-state index contributed by atoms with van der Waals surface area (Å²) in [6.07, 6.45) is 0. The summed E-state index contributed by atoms with van der Waals surface area (Å²) < 4.78 is 5.71. The van der Waals surface area contributed by atoms with Crippen LogP contribution in [0.5, 0.6) is 5.75 Å². The van der Waals surface area contributed by atoms with E-state index < -0.39 is 0 Å². The molecule has 1 N–H and O–H groups in total. The minimum atomic E-state index is -0.185. The second-order valence-electron chi connectivity index (χ2n) is 7.42. The van der Waals surface area contributed by atoms with Crippen LogP contribution < -0.4 is 10.1 Å². The molecule has 7 nitrogen and oxygen atoms in total. The van der Waals surface area contributed by atoms with E-state index in [1.807, 2.05) is 32.0 Å². The zero-order chi connectivity index (χ0) is 21.7. The molecule has 1 aliphatic heterocycles. The topological polar surface area (TPSA) is 79.0 Å². The number of ether oxygens (including phenoxy) is 1. The second kappa shape index (κ2) is 9.43. The van der Waals surface area contributed by atoms with Gasteiger partial charge in [0.15, 0.2) is 6.61 Å². The first kappa shape index (κ1) is 21.4. The molecule has 0 aliphatic carbocycles. The van der Waals surface area contributed by atoms with E-state index in [1.54, 1.807) is 34.1 Å². The maximum atomic E-state index is 12.8. The normalized spacial score (nSPS) is 13.7. The molecule has 0 atom stereocenters. The summed E-state index contributed by atoms with van der Waals surface area (Å²) in [6.45, 7) is 7.23. The van der Waals surface area contributed by atoms with E-state index in [4.69, 9.17) is 4.74 Å². The molecule has 3 amide bonds. The largest absolute Gasteiger partial charge is 0.483 e. The van der Waals surface area contributed by atoms with Crippen LogP contribution in [0.1, 0.15) is 28.4 Å². The van der Waals surface area contributed by atoms with Gasteiger partial charge in [0.1, 0.15) is 5.75 Å². The van der Waals surface area contributed by atoms with Gasteiger partial charge in [-0.1, -0.05) is 18.2 Å². The Morgan fingerprint density at radius 1 is 0.967 bits per heavy atom. The maximum Gasteiger partial charge on any atom is 0.260 e. The van der Waals surface area contributed by atoms with E-state index >= 15 is 0 Å². The summed E-state index contributed by atoms with van der Waals surface area (Å²) in [6, 6.07) is 12.6. The number of hydrogen-bond donors (Lipinski definition) is 1. The number of hydrogen-bond acceptors (Lipinski definition) is 4. The lowest BCUT2D eigenvalue weighted by Gasteiger charge is -2.34. The zero-order valence-corrected chi connectivity index (χ0v) is 17.6. The van der Waals surface area contributed by atoms with Gasteiger partial charge in [0.25, 0.3) is 11.8 Å². The molecule has 1 saturated heterocycles. The number of nitrogens with one attached hydrogen (secondary N) is 1. The van der Waals surface area contributed by atoms with Gasteiger partial charge >= 0.3 is 0 Å². The van der Waals surface area contributed by atoms with Crippen molar-refractivity contribution in [2.45, 2.75) is 20.8 Å². The molecule has 1 heterocycles. The smallest absolute Gasteiger partial charge is 0.260 e. The molecule has 0 spiro atoms. The average molecular weight is 409 g/mol. The van der Waals surface area contributed by atoms with E-state index in [9.17, 15) is 14.4 Å². The Labute approximate surface area is 176 Å².